The molecule has 0 aliphatic carbocycles. The Morgan fingerprint density at radius 1 is 1.16 bits per heavy atom. The summed E-state index contributed by atoms with van der Waals surface area (Å²) >= 11 is 0. The fourth-order valence-corrected chi connectivity index (χ4v) is 4.31. The van der Waals surface area contributed by atoms with E-state index < -0.39 is 11.6 Å². The Morgan fingerprint density at radius 2 is 1.90 bits per heavy atom. The minimum atomic E-state index is -1.53. The highest BCUT2D eigenvalue weighted by Crippen LogP contribution is 2.45. The lowest BCUT2D eigenvalue weighted by atomic mass is 9.96. The second kappa shape index (κ2) is 8.26. The number of para-hydroxylation sites is 2. The third kappa shape index (κ3) is 3.26. The molecule has 2 aromatic rings. The smallest absolute Gasteiger partial charge is 0.354 e. The molecule has 0 unspecified atom stereocenters. The second-order valence-corrected chi connectivity index (χ2v) is 7.38. The van der Waals surface area contributed by atoms with Crippen LogP contribution >= 0.6 is 0 Å². The predicted molar refractivity (Wildman–Crippen MR) is 115 cm³/mol. The molecule has 2 aromatic carbocycles. The minimum Gasteiger partial charge on any atom is -0.493 e. The highest BCUT2D eigenvalue weighted by atomic mass is 16.5. The van der Waals surface area contributed by atoms with Gasteiger partial charge in [0, 0.05) is 24.9 Å². The van der Waals surface area contributed by atoms with E-state index in [4.69, 9.17) is 9.47 Å². The normalized spacial score (nSPS) is 19.6. The van der Waals surface area contributed by atoms with Crippen LogP contribution in [-0.4, -0.2) is 41.5 Å². The Balaban J connectivity index is 1.72. The summed E-state index contributed by atoms with van der Waals surface area (Å²) in [6.07, 6.45) is 1.85. The molecule has 160 valence electrons. The molecular formula is C24H24N2O5. The number of carbonyl (C=O) groups excluding carboxylic acids is 3. The van der Waals surface area contributed by atoms with Gasteiger partial charge in [0.25, 0.3) is 5.91 Å². The molecule has 0 saturated carbocycles. The van der Waals surface area contributed by atoms with Gasteiger partial charge in [0.2, 0.25) is 11.6 Å². The van der Waals surface area contributed by atoms with Crippen LogP contribution in [0.4, 0.5) is 5.69 Å². The van der Waals surface area contributed by atoms with Crippen LogP contribution in [0.2, 0.25) is 0 Å². The standard InChI is InChI=1S/C24H24N2O5/c1-3-15-25-22(28)18-10-6-7-11-19(18)26-21(27)13-14-24(25,26)23(29)31-16-17-9-5-8-12-20(17)30-4-2/h3,5-12H,1,4,13-16H2,2H3/t24-/m0/s1. The van der Waals surface area contributed by atoms with Crippen molar-refractivity contribution >= 4 is 23.5 Å². The van der Waals surface area contributed by atoms with Crippen molar-refractivity contribution < 1.29 is 23.9 Å². The number of amides is 2. The van der Waals surface area contributed by atoms with Gasteiger partial charge in [-0.15, -0.1) is 6.58 Å². The molecule has 2 aliphatic heterocycles. The maximum Gasteiger partial charge on any atom is 0.354 e. The molecule has 1 saturated heterocycles. The molecule has 7 heteroatoms. The number of anilines is 1. The first-order valence-corrected chi connectivity index (χ1v) is 10.3. The molecule has 0 aromatic heterocycles. The van der Waals surface area contributed by atoms with E-state index in [2.05, 4.69) is 6.58 Å². The molecule has 2 amide bonds. The maximum atomic E-state index is 13.5. The third-order valence-corrected chi connectivity index (χ3v) is 5.64. The summed E-state index contributed by atoms with van der Waals surface area (Å²) in [5.41, 5.74) is -0.00783. The molecule has 31 heavy (non-hydrogen) atoms. The molecule has 2 aliphatic rings. The Kier molecular flexibility index (Phi) is 5.50. The summed E-state index contributed by atoms with van der Waals surface area (Å²) in [6.45, 7) is 6.17. The van der Waals surface area contributed by atoms with Gasteiger partial charge in [-0.05, 0) is 25.1 Å². The van der Waals surface area contributed by atoms with E-state index in [0.29, 0.717) is 29.2 Å². The topological polar surface area (TPSA) is 76.2 Å². The van der Waals surface area contributed by atoms with Crippen LogP contribution < -0.4 is 9.64 Å². The van der Waals surface area contributed by atoms with E-state index in [1.54, 1.807) is 36.4 Å². The van der Waals surface area contributed by atoms with Gasteiger partial charge in [-0.25, -0.2) is 4.79 Å². The van der Waals surface area contributed by atoms with Gasteiger partial charge in [-0.2, -0.15) is 0 Å². The highest BCUT2D eigenvalue weighted by Gasteiger charge is 2.61. The number of hydrogen-bond acceptors (Lipinski definition) is 5. The number of hydrogen-bond donors (Lipinski definition) is 0. The first-order chi connectivity index (χ1) is 15.0. The lowest BCUT2D eigenvalue weighted by Crippen LogP contribution is -2.68. The van der Waals surface area contributed by atoms with E-state index in [-0.39, 0.29) is 37.8 Å². The van der Waals surface area contributed by atoms with E-state index in [1.165, 1.54) is 9.80 Å². The van der Waals surface area contributed by atoms with Crippen molar-refractivity contribution in [3.63, 3.8) is 0 Å². The summed E-state index contributed by atoms with van der Waals surface area (Å²) in [7, 11) is 0. The average Bonchev–Trinajstić information content (AvgIpc) is 3.14. The Bertz CT molecular complexity index is 1050. The largest absolute Gasteiger partial charge is 0.493 e. The average molecular weight is 420 g/mol. The highest BCUT2D eigenvalue weighted by molar-refractivity contribution is 6.15. The van der Waals surface area contributed by atoms with Gasteiger partial charge in [0.15, 0.2) is 0 Å². The molecule has 1 atom stereocenters. The molecule has 0 bridgehead atoms. The molecular weight excluding hydrogens is 396 g/mol. The minimum absolute atomic E-state index is 0.0312. The number of fused-ring (bicyclic) bond motifs is 3. The summed E-state index contributed by atoms with van der Waals surface area (Å²) in [4.78, 5) is 42.5. The number of esters is 1. The van der Waals surface area contributed by atoms with Gasteiger partial charge >= 0.3 is 5.97 Å². The van der Waals surface area contributed by atoms with Gasteiger partial charge < -0.3 is 14.4 Å². The Hall–Kier alpha value is -3.61. The lowest BCUT2D eigenvalue weighted by molar-refractivity contribution is -0.158. The van der Waals surface area contributed by atoms with Crippen LogP contribution in [-0.2, 0) is 20.9 Å². The van der Waals surface area contributed by atoms with Crippen molar-refractivity contribution in [3.05, 3.63) is 72.3 Å². The number of benzene rings is 2. The zero-order chi connectivity index (χ0) is 22.0. The lowest BCUT2D eigenvalue weighted by Gasteiger charge is -2.48. The van der Waals surface area contributed by atoms with Gasteiger partial charge in [0.1, 0.15) is 12.4 Å². The van der Waals surface area contributed by atoms with Crippen LogP contribution in [0, 0.1) is 0 Å². The zero-order valence-electron chi connectivity index (χ0n) is 17.4. The number of ether oxygens (including phenoxy) is 2. The summed E-state index contributed by atoms with van der Waals surface area (Å²) in [6, 6.07) is 14.1. The fraction of sp³-hybridized carbons (Fsp3) is 0.292. The van der Waals surface area contributed by atoms with Crippen LogP contribution in [0.3, 0.4) is 0 Å². The van der Waals surface area contributed by atoms with Gasteiger partial charge in [0.05, 0.1) is 17.9 Å². The van der Waals surface area contributed by atoms with Crippen LogP contribution in [0.5, 0.6) is 5.75 Å². The number of rotatable bonds is 7. The van der Waals surface area contributed by atoms with Gasteiger partial charge in [-0.3, -0.25) is 14.5 Å². The summed E-state index contributed by atoms with van der Waals surface area (Å²) in [5, 5.41) is 0. The van der Waals surface area contributed by atoms with E-state index >= 15 is 0 Å². The van der Waals surface area contributed by atoms with Crippen LogP contribution in [0.1, 0.15) is 35.7 Å². The van der Waals surface area contributed by atoms with Crippen molar-refractivity contribution in [2.45, 2.75) is 32.0 Å². The molecule has 0 N–H and O–H groups in total. The van der Waals surface area contributed by atoms with E-state index in [1.807, 2.05) is 25.1 Å². The monoisotopic (exact) mass is 420 g/mol. The molecule has 4 rings (SSSR count). The van der Waals surface area contributed by atoms with Crippen molar-refractivity contribution in [2.75, 3.05) is 18.1 Å². The molecule has 7 nitrogen and oxygen atoms in total. The second-order valence-electron chi connectivity index (χ2n) is 7.38. The van der Waals surface area contributed by atoms with E-state index in [9.17, 15) is 14.4 Å². The zero-order valence-corrected chi connectivity index (χ0v) is 17.4. The van der Waals surface area contributed by atoms with Gasteiger partial charge in [-0.1, -0.05) is 36.4 Å². The molecule has 0 spiro atoms. The summed E-state index contributed by atoms with van der Waals surface area (Å²) in [5.74, 6) is -0.564. The molecule has 2 heterocycles. The SMILES string of the molecule is C=CCN1C(=O)c2ccccc2N2C(=O)CC[C@]12C(=O)OCc1ccccc1OCC. The number of nitrogens with zero attached hydrogens (tertiary/aromatic N) is 2. The fourth-order valence-electron chi connectivity index (χ4n) is 4.31. The van der Waals surface area contributed by atoms with Crippen LogP contribution in [0.25, 0.3) is 0 Å². The first kappa shape index (κ1) is 20.7. The Labute approximate surface area is 180 Å². The van der Waals surface area contributed by atoms with Crippen molar-refractivity contribution in [1.29, 1.82) is 0 Å². The third-order valence-electron chi connectivity index (χ3n) is 5.64. The summed E-state index contributed by atoms with van der Waals surface area (Å²) < 4.78 is 11.3. The Morgan fingerprint density at radius 3 is 2.68 bits per heavy atom. The van der Waals surface area contributed by atoms with E-state index in [0.717, 1.165) is 0 Å². The predicted octanol–water partition coefficient (Wildman–Crippen LogP) is 3.29. The van der Waals surface area contributed by atoms with Crippen molar-refractivity contribution in [3.8, 4) is 5.75 Å². The quantitative estimate of drug-likeness (QED) is 0.508. The molecule has 0 radical (unpaired) electrons. The number of carbonyl (C=O) groups is 3. The first-order valence-electron chi connectivity index (χ1n) is 10.3. The van der Waals surface area contributed by atoms with Crippen molar-refractivity contribution in [1.82, 2.24) is 4.90 Å². The van der Waals surface area contributed by atoms with Crippen LogP contribution in [0.15, 0.2) is 61.2 Å². The van der Waals surface area contributed by atoms with Crippen molar-refractivity contribution in [2.24, 2.45) is 0 Å². The maximum absolute atomic E-state index is 13.5. The molecule has 1 fully saturated rings.